The lowest BCUT2D eigenvalue weighted by Crippen LogP contribution is -2.60. The second-order valence-electron chi connectivity index (χ2n) is 15.5. The summed E-state index contributed by atoms with van der Waals surface area (Å²) in [7, 11) is 0. The predicted octanol–water partition coefficient (Wildman–Crippen LogP) is 1.96. The molecule has 0 fully saturated rings. The third kappa shape index (κ3) is 14.3. The number of rotatable bonds is 26. The zero-order chi connectivity index (χ0) is 44.5. The van der Waals surface area contributed by atoms with E-state index < -0.39 is 71.7 Å². The van der Waals surface area contributed by atoms with Crippen molar-refractivity contribution in [3.8, 4) is 0 Å². The van der Waals surface area contributed by atoms with Crippen LogP contribution in [-0.4, -0.2) is 112 Å². The Morgan fingerprint density at radius 2 is 1.08 bits per heavy atom. The van der Waals surface area contributed by atoms with E-state index in [4.69, 9.17) is 17.2 Å². The number of primary amides is 1. The molecule has 4 aromatic rings. The first-order valence-corrected chi connectivity index (χ1v) is 23.4. The molecule has 4 rings (SSSR count). The largest absolute Gasteiger partial charge is 0.368 e. The number of carbonyl (C=O) groups is 6. The van der Waals surface area contributed by atoms with Crippen molar-refractivity contribution >= 4 is 80.8 Å². The van der Waals surface area contributed by atoms with Crippen LogP contribution in [0.4, 0.5) is 0 Å². The van der Waals surface area contributed by atoms with Crippen molar-refractivity contribution in [1.82, 2.24) is 36.6 Å². The van der Waals surface area contributed by atoms with E-state index >= 15 is 0 Å². The molecule has 0 unspecified atom stereocenters. The second kappa shape index (κ2) is 24.4. The minimum Gasteiger partial charge on any atom is -0.368 e. The van der Waals surface area contributed by atoms with E-state index in [2.05, 4.69) is 36.6 Å². The number of aromatic nitrogens is 2. The summed E-state index contributed by atoms with van der Waals surface area (Å²) >= 11 is 2.98. The highest BCUT2D eigenvalue weighted by molar-refractivity contribution is 7.98. The number of para-hydroxylation sites is 2. The van der Waals surface area contributed by atoms with E-state index in [0.29, 0.717) is 37.3 Å². The summed E-state index contributed by atoms with van der Waals surface area (Å²) in [6, 6.07) is 8.96. The molecule has 2 aromatic heterocycles. The maximum Gasteiger partial charge on any atom is 0.243 e. The van der Waals surface area contributed by atoms with Gasteiger partial charge in [-0.05, 0) is 98.3 Å². The Balaban J connectivity index is 1.57. The van der Waals surface area contributed by atoms with Gasteiger partial charge in [-0.1, -0.05) is 50.2 Å². The molecule has 6 amide bonds. The zero-order valence-electron chi connectivity index (χ0n) is 35.4. The van der Waals surface area contributed by atoms with Crippen molar-refractivity contribution in [3.05, 3.63) is 72.1 Å². The van der Waals surface area contributed by atoms with Gasteiger partial charge in [0.2, 0.25) is 35.4 Å². The fourth-order valence-electron chi connectivity index (χ4n) is 7.02. The maximum atomic E-state index is 14.4. The molecular weight excluding hydrogens is 817 g/mol. The number of fused-ring (bicyclic) bond motifs is 2. The third-order valence-corrected chi connectivity index (χ3v) is 11.8. The van der Waals surface area contributed by atoms with Gasteiger partial charge in [0.05, 0.1) is 6.04 Å². The summed E-state index contributed by atoms with van der Waals surface area (Å²) in [5, 5.41) is 15.8. The molecule has 0 spiro atoms. The van der Waals surface area contributed by atoms with Crippen LogP contribution in [0.25, 0.3) is 21.8 Å². The topological polar surface area (TPSA) is 272 Å². The fraction of sp³-hybridized carbons (Fsp3) is 0.488. The molecule has 18 heteroatoms. The van der Waals surface area contributed by atoms with Crippen molar-refractivity contribution in [3.63, 3.8) is 0 Å². The van der Waals surface area contributed by atoms with E-state index in [9.17, 15) is 28.8 Å². The highest BCUT2D eigenvalue weighted by atomic mass is 32.2. The lowest BCUT2D eigenvalue weighted by Gasteiger charge is -2.28. The molecule has 0 aliphatic carbocycles. The molecule has 0 bridgehead atoms. The number of nitrogens with two attached hydrogens (primary N) is 3. The van der Waals surface area contributed by atoms with Gasteiger partial charge in [-0.3, -0.25) is 28.8 Å². The van der Waals surface area contributed by atoms with E-state index in [0.717, 1.165) is 32.9 Å². The fourth-order valence-corrected chi connectivity index (χ4v) is 7.96. The number of unbranched alkanes of at least 4 members (excludes halogenated alkanes) is 1. The summed E-state index contributed by atoms with van der Waals surface area (Å²) < 4.78 is 0. The van der Waals surface area contributed by atoms with E-state index in [1.54, 1.807) is 20.0 Å². The third-order valence-electron chi connectivity index (χ3n) is 10.5. The number of hydrogen-bond acceptors (Lipinski definition) is 10. The van der Waals surface area contributed by atoms with E-state index in [-0.39, 0.29) is 31.6 Å². The average Bonchev–Trinajstić information content (AvgIpc) is 3.85. The van der Waals surface area contributed by atoms with Gasteiger partial charge in [-0.15, -0.1) is 0 Å². The molecule has 13 N–H and O–H groups in total. The smallest absolute Gasteiger partial charge is 0.243 e. The van der Waals surface area contributed by atoms with E-state index in [1.807, 2.05) is 67.2 Å². The number of aromatic amines is 2. The van der Waals surface area contributed by atoms with Crippen molar-refractivity contribution in [2.45, 2.75) is 95.0 Å². The number of amides is 6. The summed E-state index contributed by atoms with van der Waals surface area (Å²) in [4.78, 5) is 88.2. The molecular formula is C43H62N10O6S2. The van der Waals surface area contributed by atoms with Gasteiger partial charge >= 0.3 is 0 Å². The minimum absolute atomic E-state index is 0.0452. The Bertz CT molecular complexity index is 2090. The normalized spacial score (nSPS) is 14.4. The number of thioether (sulfide) groups is 2. The highest BCUT2D eigenvalue weighted by Gasteiger charge is 2.34. The quantitative estimate of drug-likeness (QED) is 0.0410. The monoisotopic (exact) mass is 878 g/mol. The van der Waals surface area contributed by atoms with Crippen LogP contribution in [-0.2, 0) is 41.6 Å². The number of hydrogen-bond donors (Lipinski definition) is 10. The molecule has 0 aliphatic rings. The van der Waals surface area contributed by atoms with Gasteiger partial charge in [0.15, 0.2) is 0 Å². The number of nitrogens with one attached hydrogen (secondary N) is 7. The molecule has 0 aliphatic heterocycles. The molecule has 0 saturated heterocycles. The number of H-pyrrole nitrogens is 2. The molecule has 0 radical (unpaired) electrons. The average molecular weight is 879 g/mol. The molecule has 332 valence electrons. The summed E-state index contributed by atoms with van der Waals surface area (Å²) in [5.74, 6) is -2.93. The Hall–Kier alpha value is -5.04. The van der Waals surface area contributed by atoms with Crippen molar-refractivity contribution in [2.24, 2.45) is 23.1 Å². The van der Waals surface area contributed by atoms with Crippen molar-refractivity contribution in [1.29, 1.82) is 0 Å². The van der Waals surface area contributed by atoms with Crippen molar-refractivity contribution < 1.29 is 28.8 Å². The SMILES string of the molecule is CSCC[C@H](NC(=O)[C@H](Cc1c[nH]c2ccccc12)NC(=O)[C@@H](CCCCN)NC(=O)[C@@H](N)Cc1c[nH]c2ccccc12)C(=O)N[C@H](C(=O)N[C@H](CCSC)C(N)=O)C(C)C. The lowest BCUT2D eigenvalue weighted by atomic mass is 10.0. The minimum atomic E-state index is -1.19. The molecule has 2 heterocycles. The molecule has 6 atom stereocenters. The van der Waals surface area contributed by atoms with Gasteiger partial charge in [0.25, 0.3) is 0 Å². The van der Waals surface area contributed by atoms with Gasteiger partial charge in [0.1, 0.15) is 30.2 Å². The van der Waals surface area contributed by atoms with Crippen LogP contribution in [0.15, 0.2) is 60.9 Å². The first-order valence-electron chi connectivity index (χ1n) is 20.6. The Morgan fingerprint density at radius 3 is 1.64 bits per heavy atom. The molecule has 2 aromatic carbocycles. The van der Waals surface area contributed by atoms with Gasteiger partial charge in [0, 0.05) is 40.6 Å². The van der Waals surface area contributed by atoms with Crippen LogP contribution in [0.5, 0.6) is 0 Å². The lowest BCUT2D eigenvalue weighted by molar-refractivity contribution is -0.135. The maximum absolute atomic E-state index is 14.4. The summed E-state index contributed by atoms with van der Waals surface area (Å²) in [5.41, 5.74) is 21.1. The first kappa shape index (κ1) is 48.6. The van der Waals surface area contributed by atoms with Crippen LogP contribution in [0.3, 0.4) is 0 Å². The van der Waals surface area contributed by atoms with Gasteiger partial charge in [-0.2, -0.15) is 23.5 Å². The standard InChI is InChI=1S/C43H62N10O6S2/c1-25(2)37(43(59)49-33(38(46)54)16-19-60-3)53-41(57)35(17-20-61-4)51-42(58)36(22-27-24-48-32-14-8-6-12-29(27)32)52-40(56)34(15-9-10-18-44)50-39(55)30(45)21-26-23-47-31-13-7-5-11-28(26)31/h5-8,11-14,23-25,30,33-37,47-48H,9-10,15-22,44-45H2,1-4H3,(H2,46,54)(H,49,59)(H,50,55)(H,51,58)(H,52,56)(H,53,57)/t30-,33+,34+,35-,36-,37-/m0/s1. The first-order chi connectivity index (χ1) is 29.3. The predicted molar refractivity (Wildman–Crippen MR) is 245 cm³/mol. The molecule has 0 saturated carbocycles. The van der Waals surface area contributed by atoms with Crippen molar-refractivity contribution in [2.75, 3.05) is 30.6 Å². The Kier molecular flexibility index (Phi) is 19.5. The van der Waals surface area contributed by atoms with Crippen LogP contribution in [0.1, 0.15) is 57.1 Å². The highest BCUT2D eigenvalue weighted by Crippen LogP contribution is 2.21. The Labute approximate surface area is 365 Å². The van der Waals surface area contributed by atoms with Crippen LogP contribution in [0.2, 0.25) is 0 Å². The van der Waals surface area contributed by atoms with Crippen LogP contribution >= 0.6 is 23.5 Å². The van der Waals surface area contributed by atoms with Crippen LogP contribution < -0.4 is 43.8 Å². The molecule has 61 heavy (non-hydrogen) atoms. The summed E-state index contributed by atoms with van der Waals surface area (Å²) in [6.07, 6.45) is 9.49. The number of benzene rings is 2. The van der Waals surface area contributed by atoms with Gasteiger partial charge < -0.3 is 53.8 Å². The number of carbonyl (C=O) groups excluding carboxylic acids is 6. The Morgan fingerprint density at radius 1 is 0.607 bits per heavy atom. The second-order valence-corrected chi connectivity index (χ2v) is 17.4. The van der Waals surface area contributed by atoms with E-state index in [1.165, 1.54) is 23.5 Å². The molecule has 16 nitrogen and oxygen atoms in total. The van der Waals surface area contributed by atoms with Crippen LogP contribution in [0, 0.1) is 5.92 Å². The zero-order valence-corrected chi connectivity index (χ0v) is 37.0. The summed E-state index contributed by atoms with van der Waals surface area (Å²) in [6.45, 7) is 3.90. The van der Waals surface area contributed by atoms with Gasteiger partial charge in [-0.25, -0.2) is 0 Å².